The number of benzene rings is 2. The molecule has 0 aliphatic carbocycles. The fraction of sp³-hybridized carbons (Fsp3) is 0.136. The van der Waals surface area contributed by atoms with E-state index in [0.29, 0.717) is 17.2 Å². The first-order valence-corrected chi connectivity index (χ1v) is 9.09. The van der Waals surface area contributed by atoms with E-state index in [1.165, 1.54) is 6.07 Å². The summed E-state index contributed by atoms with van der Waals surface area (Å²) in [4.78, 5) is 24.0. The van der Waals surface area contributed by atoms with Gasteiger partial charge in [0.05, 0.1) is 11.4 Å². The van der Waals surface area contributed by atoms with Crippen molar-refractivity contribution in [2.45, 2.75) is 13.8 Å². The third-order valence-corrected chi connectivity index (χ3v) is 4.39. The van der Waals surface area contributed by atoms with Crippen molar-refractivity contribution in [3.63, 3.8) is 0 Å². The Morgan fingerprint density at radius 3 is 2.69 bits per heavy atom. The fourth-order valence-electron chi connectivity index (χ4n) is 3.08. The number of rotatable bonds is 5. The molecule has 2 aromatic heterocycles. The average molecular weight is 389 g/mol. The Morgan fingerprint density at radius 1 is 1.10 bits per heavy atom. The minimum Gasteiger partial charge on any atom is -0.484 e. The zero-order valence-electron chi connectivity index (χ0n) is 16.0. The molecule has 2 aromatic carbocycles. The number of anilines is 1. The standard InChI is InChI=1S/C22H19N3O4/c1-14-10-22(27)29-19-12-17(8-9-18(14)19)28-13-21(26)23-20-11-15(2)24-25(20)16-6-4-3-5-7-16/h3-12H,13H2,1-2H3,(H,23,26). The predicted octanol–water partition coefficient (Wildman–Crippen LogP) is 3.61. The number of carbonyl (C=O) groups is 1. The Labute approximate surface area is 166 Å². The van der Waals surface area contributed by atoms with E-state index in [9.17, 15) is 9.59 Å². The van der Waals surface area contributed by atoms with Gasteiger partial charge in [-0.1, -0.05) is 18.2 Å². The number of ether oxygens (including phenoxy) is 1. The monoisotopic (exact) mass is 389 g/mol. The van der Waals surface area contributed by atoms with Crippen LogP contribution in [0, 0.1) is 13.8 Å². The fourth-order valence-corrected chi connectivity index (χ4v) is 3.08. The number of nitrogens with one attached hydrogen (secondary N) is 1. The van der Waals surface area contributed by atoms with Crippen LogP contribution in [0.1, 0.15) is 11.3 Å². The number of aromatic nitrogens is 2. The van der Waals surface area contributed by atoms with Crippen LogP contribution in [-0.2, 0) is 4.79 Å². The van der Waals surface area contributed by atoms with Crippen molar-refractivity contribution in [3.05, 3.63) is 82.3 Å². The second-order valence-electron chi connectivity index (χ2n) is 6.66. The molecule has 7 heteroatoms. The van der Waals surface area contributed by atoms with Crippen molar-refractivity contribution < 1.29 is 13.9 Å². The highest BCUT2D eigenvalue weighted by atomic mass is 16.5. The Kier molecular flexibility index (Phi) is 4.87. The molecule has 146 valence electrons. The van der Waals surface area contributed by atoms with Crippen LogP contribution in [0.3, 0.4) is 0 Å². The summed E-state index contributed by atoms with van der Waals surface area (Å²) in [5.74, 6) is 0.671. The number of fused-ring (bicyclic) bond motifs is 1. The Morgan fingerprint density at radius 2 is 1.90 bits per heavy atom. The molecule has 4 rings (SSSR count). The first-order chi connectivity index (χ1) is 14.0. The number of hydrogen-bond acceptors (Lipinski definition) is 5. The highest BCUT2D eigenvalue weighted by molar-refractivity contribution is 5.91. The summed E-state index contributed by atoms with van der Waals surface area (Å²) in [6.07, 6.45) is 0. The molecule has 7 nitrogen and oxygen atoms in total. The molecule has 0 fully saturated rings. The second-order valence-corrected chi connectivity index (χ2v) is 6.66. The number of aryl methyl sites for hydroxylation is 2. The van der Waals surface area contributed by atoms with Crippen LogP contribution < -0.4 is 15.7 Å². The quantitative estimate of drug-likeness (QED) is 0.527. The van der Waals surface area contributed by atoms with Gasteiger partial charge in [-0.25, -0.2) is 9.48 Å². The first-order valence-electron chi connectivity index (χ1n) is 9.09. The highest BCUT2D eigenvalue weighted by Gasteiger charge is 2.12. The van der Waals surface area contributed by atoms with E-state index in [1.54, 1.807) is 28.9 Å². The van der Waals surface area contributed by atoms with Crippen LogP contribution >= 0.6 is 0 Å². The zero-order valence-corrected chi connectivity index (χ0v) is 16.0. The van der Waals surface area contributed by atoms with E-state index in [0.717, 1.165) is 22.3 Å². The number of nitrogens with zero attached hydrogens (tertiary/aromatic N) is 2. The van der Waals surface area contributed by atoms with E-state index in [-0.39, 0.29) is 12.5 Å². The molecular formula is C22H19N3O4. The molecular weight excluding hydrogens is 370 g/mol. The van der Waals surface area contributed by atoms with Crippen LogP contribution in [0.5, 0.6) is 5.75 Å². The van der Waals surface area contributed by atoms with Gasteiger partial charge < -0.3 is 14.5 Å². The molecule has 0 saturated carbocycles. The number of carbonyl (C=O) groups excluding carboxylic acids is 1. The summed E-state index contributed by atoms with van der Waals surface area (Å²) in [7, 11) is 0. The first kappa shape index (κ1) is 18.5. The molecule has 0 spiro atoms. The molecule has 29 heavy (non-hydrogen) atoms. The summed E-state index contributed by atoms with van der Waals surface area (Å²) in [5.41, 5.74) is 2.45. The largest absolute Gasteiger partial charge is 0.484 e. The van der Waals surface area contributed by atoms with Gasteiger partial charge in [0.1, 0.15) is 17.2 Å². The third-order valence-electron chi connectivity index (χ3n) is 4.39. The highest BCUT2D eigenvalue weighted by Crippen LogP contribution is 2.22. The Balaban J connectivity index is 1.47. The minimum atomic E-state index is -0.422. The molecule has 0 bridgehead atoms. The maximum atomic E-state index is 12.4. The van der Waals surface area contributed by atoms with Gasteiger partial charge in [0, 0.05) is 23.6 Å². The van der Waals surface area contributed by atoms with Crippen molar-refractivity contribution in [2.75, 3.05) is 11.9 Å². The molecule has 1 amide bonds. The predicted molar refractivity (Wildman–Crippen MR) is 110 cm³/mol. The molecule has 0 saturated heterocycles. The molecule has 0 unspecified atom stereocenters. The molecule has 0 atom stereocenters. The van der Waals surface area contributed by atoms with Crippen LogP contribution in [-0.4, -0.2) is 22.3 Å². The Hall–Kier alpha value is -3.87. The van der Waals surface area contributed by atoms with Gasteiger partial charge in [0.15, 0.2) is 6.61 Å². The van der Waals surface area contributed by atoms with Crippen molar-refractivity contribution in [1.29, 1.82) is 0 Å². The SMILES string of the molecule is Cc1cc(NC(=O)COc2ccc3c(C)cc(=O)oc3c2)n(-c2ccccc2)n1. The van der Waals surface area contributed by atoms with Gasteiger partial charge in [-0.15, -0.1) is 0 Å². The van der Waals surface area contributed by atoms with E-state index in [4.69, 9.17) is 9.15 Å². The lowest BCUT2D eigenvalue weighted by Gasteiger charge is -2.10. The Bertz CT molecular complexity index is 1240. The average Bonchev–Trinajstić information content (AvgIpc) is 3.06. The lowest BCUT2D eigenvalue weighted by molar-refractivity contribution is -0.118. The van der Waals surface area contributed by atoms with E-state index >= 15 is 0 Å². The van der Waals surface area contributed by atoms with E-state index in [1.807, 2.05) is 44.2 Å². The van der Waals surface area contributed by atoms with Crippen molar-refractivity contribution >= 4 is 22.7 Å². The summed E-state index contributed by atoms with van der Waals surface area (Å²) >= 11 is 0. The number of para-hydroxylation sites is 1. The van der Waals surface area contributed by atoms with Crippen molar-refractivity contribution in [3.8, 4) is 11.4 Å². The van der Waals surface area contributed by atoms with Crippen LogP contribution in [0.15, 0.2) is 69.9 Å². The van der Waals surface area contributed by atoms with E-state index < -0.39 is 5.63 Å². The zero-order chi connectivity index (χ0) is 20.4. The molecule has 2 heterocycles. The smallest absolute Gasteiger partial charge is 0.336 e. The van der Waals surface area contributed by atoms with Gasteiger partial charge in [-0.05, 0) is 43.7 Å². The van der Waals surface area contributed by atoms with E-state index in [2.05, 4.69) is 10.4 Å². The van der Waals surface area contributed by atoms with Crippen LogP contribution in [0.4, 0.5) is 5.82 Å². The topological polar surface area (TPSA) is 86.4 Å². The molecule has 4 aromatic rings. The van der Waals surface area contributed by atoms with Gasteiger partial charge in [0.25, 0.3) is 5.91 Å². The maximum absolute atomic E-state index is 12.4. The van der Waals surface area contributed by atoms with Crippen LogP contribution in [0.25, 0.3) is 16.7 Å². The normalized spacial score (nSPS) is 10.8. The second kappa shape index (κ2) is 7.63. The molecule has 0 radical (unpaired) electrons. The lowest BCUT2D eigenvalue weighted by atomic mass is 10.1. The number of hydrogen-bond donors (Lipinski definition) is 1. The lowest BCUT2D eigenvalue weighted by Crippen LogP contribution is -2.21. The minimum absolute atomic E-state index is 0.194. The van der Waals surface area contributed by atoms with Crippen molar-refractivity contribution in [2.24, 2.45) is 0 Å². The van der Waals surface area contributed by atoms with Crippen molar-refractivity contribution in [1.82, 2.24) is 9.78 Å². The summed E-state index contributed by atoms with van der Waals surface area (Å²) in [6.45, 7) is 3.50. The third kappa shape index (κ3) is 4.03. The van der Waals surface area contributed by atoms with Crippen LogP contribution in [0.2, 0.25) is 0 Å². The maximum Gasteiger partial charge on any atom is 0.336 e. The summed E-state index contributed by atoms with van der Waals surface area (Å²) in [6, 6.07) is 17.9. The molecule has 0 aliphatic heterocycles. The van der Waals surface area contributed by atoms with Gasteiger partial charge in [-0.3, -0.25) is 4.79 Å². The summed E-state index contributed by atoms with van der Waals surface area (Å²) in [5, 5.41) is 8.06. The van der Waals surface area contributed by atoms with Gasteiger partial charge in [-0.2, -0.15) is 5.10 Å². The number of amides is 1. The summed E-state index contributed by atoms with van der Waals surface area (Å²) < 4.78 is 12.4. The molecule has 1 N–H and O–H groups in total. The van der Waals surface area contributed by atoms with Gasteiger partial charge >= 0.3 is 5.63 Å². The molecule has 0 aliphatic rings. The van der Waals surface area contributed by atoms with Gasteiger partial charge in [0.2, 0.25) is 0 Å².